The van der Waals surface area contributed by atoms with E-state index in [1.54, 1.807) is 17.0 Å². The van der Waals surface area contributed by atoms with E-state index in [1.165, 1.54) is 10.4 Å². The van der Waals surface area contributed by atoms with Crippen molar-refractivity contribution in [3.8, 4) is 0 Å². The molecule has 0 aliphatic carbocycles. The summed E-state index contributed by atoms with van der Waals surface area (Å²) < 4.78 is 32.3. The molecule has 9 heteroatoms. The SMILES string of the molecule is CCN(C(=O)C1CCN(S(=O)(=O)c2cccc3nonc23)CC1)c1ccccc1. The average molecular weight is 414 g/mol. The van der Waals surface area contributed by atoms with Gasteiger partial charge in [-0.15, -0.1) is 0 Å². The van der Waals surface area contributed by atoms with Gasteiger partial charge in [0.15, 0.2) is 5.52 Å². The third-order valence-corrected chi connectivity index (χ3v) is 7.25. The molecule has 152 valence electrons. The zero-order valence-corrected chi connectivity index (χ0v) is 16.9. The number of hydrogen-bond donors (Lipinski definition) is 0. The van der Waals surface area contributed by atoms with Crippen LogP contribution in [0.1, 0.15) is 19.8 Å². The molecule has 0 N–H and O–H groups in total. The first kappa shape index (κ1) is 19.5. The highest BCUT2D eigenvalue weighted by Gasteiger charge is 2.35. The Labute approximate surface area is 169 Å². The van der Waals surface area contributed by atoms with E-state index in [0.717, 1.165) is 5.69 Å². The number of para-hydroxylation sites is 1. The Balaban J connectivity index is 1.49. The van der Waals surface area contributed by atoms with Gasteiger partial charge in [0.05, 0.1) is 0 Å². The summed E-state index contributed by atoms with van der Waals surface area (Å²) in [7, 11) is -3.74. The lowest BCUT2D eigenvalue weighted by Gasteiger charge is -2.33. The molecule has 1 aliphatic rings. The van der Waals surface area contributed by atoms with E-state index in [0.29, 0.717) is 24.9 Å². The number of nitrogens with zero attached hydrogens (tertiary/aromatic N) is 4. The molecule has 4 rings (SSSR count). The minimum absolute atomic E-state index is 0.0403. The molecular weight excluding hydrogens is 392 g/mol. The standard InChI is InChI=1S/C20H22N4O4S/c1-2-24(16-7-4-3-5-8-16)20(25)15-11-13-23(14-12-15)29(26,27)18-10-6-9-17-19(18)22-28-21-17/h3-10,15H,2,11-14H2,1H3. The lowest BCUT2D eigenvalue weighted by molar-refractivity contribution is -0.123. The Bertz CT molecular complexity index is 1110. The number of carbonyl (C=O) groups excluding carboxylic acids is 1. The minimum atomic E-state index is -3.74. The Morgan fingerprint density at radius 3 is 2.52 bits per heavy atom. The largest absolute Gasteiger partial charge is 0.312 e. The third-order valence-electron chi connectivity index (χ3n) is 5.32. The molecule has 0 saturated carbocycles. The van der Waals surface area contributed by atoms with Crippen molar-refractivity contribution in [1.29, 1.82) is 0 Å². The van der Waals surface area contributed by atoms with Gasteiger partial charge in [0.1, 0.15) is 10.4 Å². The van der Waals surface area contributed by atoms with Crippen LogP contribution in [0.3, 0.4) is 0 Å². The zero-order valence-electron chi connectivity index (χ0n) is 16.1. The van der Waals surface area contributed by atoms with Crippen LogP contribution < -0.4 is 4.90 Å². The molecule has 0 radical (unpaired) electrons. The summed E-state index contributed by atoms with van der Waals surface area (Å²) >= 11 is 0. The van der Waals surface area contributed by atoms with Crippen molar-refractivity contribution in [3.63, 3.8) is 0 Å². The van der Waals surface area contributed by atoms with Crippen molar-refractivity contribution in [2.24, 2.45) is 5.92 Å². The molecule has 1 saturated heterocycles. The smallest absolute Gasteiger partial charge is 0.245 e. The van der Waals surface area contributed by atoms with Crippen molar-refractivity contribution >= 4 is 32.7 Å². The third kappa shape index (κ3) is 3.63. The van der Waals surface area contributed by atoms with Crippen LogP contribution in [0.25, 0.3) is 11.0 Å². The Morgan fingerprint density at radius 1 is 1.10 bits per heavy atom. The van der Waals surface area contributed by atoms with E-state index in [9.17, 15) is 13.2 Å². The Kier molecular flexibility index (Phi) is 5.33. The molecule has 1 aliphatic heterocycles. The molecule has 8 nitrogen and oxygen atoms in total. The fourth-order valence-corrected chi connectivity index (χ4v) is 5.37. The number of hydrogen-bond acceptors (Lipinski definition) is 6. The van der Waals surface area contributed by atoms with E-state index in [-0.39, 0.29) is 35.3 Å². The number of rotatable bonds is 5. The van der Waals surface area contributed by atoms with Crippen LogP contribution in [0.2, 0.25) is 0 Å². The van der Waals surface area contributed by atoms with Gasteiger partial charge in [0, 0.05) is 31.2 Å². The number of amides is 1. The van der Waals surface area contributed by atoms with Gasteiger partial charge in [-0.05, 0) is 54.3 Å². The van der Waals surface area contributed by atoms with Crippen LogP contribution in [-0.4, -0.2) is 48.6 Å². The van der Waals surface area contributed by atoms with E-state index >= 15 is 0 Å². The molecule has 0 unspecified atom stereocenters. The highest BCUT2D eigenvalue weighted by atomic mass is 32.2. The Morgan fingerprint density at radius 2 is 1.83 bits per heavy atom. The topological polar surface area (TPSA) is 96.6 Å². The molecular formula is C20H22N4O4S. The minimum Gasteiger partial charge on any atom is -0.312 e. The fraction of sp³-hybridized carbons (Fsp3) is 0.350. The van der Waals surface area contributed by atoms with Crippen molar-refractivity contribution in [2.45, 2.75) is 24.7 Å². The van der Waals surface area contributed by atoms with Crippen LogP contribution in [0.5, 0.6) is 0 Å². The maximum absolute atomic E-state index is 13.1. The number of carbonyl (C=O) groups is 1. The number of fused-ring (bicyclic) bond motifs is 1. The molecule has 0 spiro atoms. The van der Waals surface area contributed by atoms with E-state index in [2.05, 4.69) is 14.9 Å². The number of anilines is 1. The second kappa shape index (κ2) is 7.92. The maximum atomic E-state index is 13.1. The van der Waals surface area contributed by atoms with Crippen LogP contribution >= 0.6 is 0 Å². The van der Waals surface area contributed by atoms with Crippen LogP contribution in [-0.2, 0) is 14.8 Å². The molecule has 3 aromatic rings. The van der Waals surface area contributed by atoms with Crippen molar-refractivity contribution in [2.75, 3.05) is 24.5 Å². The van der Waals surface area contributed by atoms with Gasteiger partial charge in [-0.2, -0.15) is 4.31 Å². The number of aromatic nitrogens is 2. The van der Waals surface area contributed by atoms with Gasteiger partial charge < -0.3 is 4.90 Å². The number of sulfonamides is 1. The highest BCUT2D eigenvalue weighted by molar-refractivity contribution is 7.89. The first-order chi connectivity index (χ1) is 14.0. The summed E-state index contributed by atoms with van der Waals surface area (Å²) in [6.45, 7) is 3.08. The molecule has 2 heterocycles. The molecule has 0 atom stereocenters. The first-order valence-corrected chi connectivity index (χ1v) is 11.0. The lowest BCUT2D eigenvalue weighted by Crippen LogP contribution is -2.44. The predicted octanol–water partition coefficient (Wildman–Crippen LogP) is 2.68. The normalized spacial score (nSPS) is 16.2. The monoisotopic (exact) mass is 414 g/mol. The number of benzene rings is 2. The summed E-state index contributed by atoms with van der Waals surface area (Å²) in [4.78, 5) is 14.9. The predicted molar refractivity (Wildman–Crippen MR) is 108 cm³/mol. The van der Waals surface area contributed by atoms with Gasteiger partial charge in [-0.3, -0.25) is 4.79 Å². The van der Waals surface area contributed by atoms with Crippen LogP contribution in [0.4, 0.5) is 5.69 Å². The fourth-order valence-electron chi connectivity index (χ4n) is 3.77. The molecule has 1 amide bonds. The summed E-state index contributed by atoms with van der Waals surface area (Å²) in [5, 5.41) is 7.45. The molecule has 0 bridgehead atoms. The Hall–Kier alpha value is -2.78. The molecule has 29 heavy (non-hydrogen) atoms. The summed E-state index contributed by atoms with van der Waals surface area (Å²) in [5.41, 5.74) is 1.49. The summed E-state index contributed by atoms with van der Waals surface area (Å²) in [6, 6.07) is 14.3. The summed E-state index contributed by atoms with van der Waals surface area (Å²) in [5.74, 6) is -0.162. The number of piperidine rings is 1. The average Bonchev–Trinajstić information content (AvgIpc) is 3.24. The van der Waals surface area contributed by atoms with Crippen LogP contribution in [0.15, 0.2) is 58.1 Å². The molecule has 1 fully saturated rings. The van der Waals surface area contributed by atoms with Gasteiger partial charge in [-0.1, -0.05) is 24.3 Å². The molecule has 1 aromatic heterocycles. The van der Waals surface area contributed by atoms with Gasteiger partial charge in [0.25, 0.3) is 0 Å². The maximum Gasteiger partial charge on any atom is 0.245 e. The first-order valence-electron chi connectivity index (χ1n) is 9.60. The van der Waals surface area contributed by atoms with E-state index in [4.69, 9.17) is 0 Å². The van der Waals surface area contributed by atoms with E-state index in [1.807, 2.05) is 37.3 Å². The second-order valence-corrected chi connectivity index (χ2v) is 8.89. The summed E-state index contributed by atoms with van der Waals surface area (Å²) in [6.07, 6.45) is 0.961. The quantitative estimate of drug-likeness (QED) is 0.637. The second-order valence-electron chi connectivity index (χ2n) is 6.98. The van der Waals surface area contributed by atoms with Crippen LogP contribution in [0, 0.1) is 5.92 Å². The van der Waals surface area contributed by atoms with Gasteiger partial charge in [0.2, 0.25) is 15.9 Å². The van der Waals surface area contributed by atoms with Crippen molar-refractivity contribution in [3.05, 3.63) is 48.5 Å². The van der Waals surface area contributed by atoms with E-state index < -0.39 is 10.0 Å². The van der Waals surface area contributed by atoms with Crippen molar-refractivity contribution < 1.29 is 17.8 Å². The van der Waals surface area contributed by atoms with Gasteiger partial charge >= 0.3 is 0 Å². The highest BCUT2D eigenvalue weighted by Crippen LogP contribution is 2.29. The lowest BCUT2D eigenvalue weighted by atomic mass is 9.96. The molecule has 2 aromatic carbocycles. The zero-order chi connectivity index (χ0) is 20.4. The van der Waals surface area contributed by atoms with Gasteiger partial charge in [-0.25, -0.2) is 13.0 Å². The van der Waals surface area contributed by atoms with Crippen molar-refractivity contribution in [1.82, 2.24) is 14.6 Å².